The third-order valence-electron chi connectivity index (χ3n) is 3.74. The predicted molar refractivity (Wildman–Crippen MR) is 76.7 cm³/mol. The molecule has 0 radical (unpaired) electrons. The first-order valence-electron chi connectivity index (χ1n) is 6.20. The fraction of sp³-hybridized carbons (Fsp3) is 0.385. The van der Waals surface area contributed by atoms with Gasteiger partial charge in [0.2, 0.25) is 5.82 Å². The molecule has 0 unspecified atom stereocenters. The van der Waals surface area contributed by atoms with Crippen LogP contribution >= 0.6 is 23.2 Å². The summed E-state index contributed by atoms with van der Waals surface area (Å²) in [6.07, 6.45) is 2.83. The van der Waals surface area contributed by atoms with Crippen LogP contribution in [0.25, 0.3) is 11.5 Å². The van der Waals surface area contributed by atoms with Gasteiger partial charge in [-0.2, -0.15) is 4.98 Å². The number of nitrogens with zero attached hydrogens (tertiary/aromatic N) is 2. The Bertz CT molecular complexity index is 648. The molecule has 1 heterocycles. The molecule has 0 aliphatic heterocycles. The van der Waals surface area contributed by atoms with Crippen LogP contribution in [-0.4, -0.2) is 17.3 Å². The average molecular weight is 314 g/mol. The van der Waals surface area contributed by atoms with Crippen LogP contribution in [0.15, 0.2) is 16.7 Å². The number of hydrogen-bond acceptors (Lipinski definition) is 5. The second-order valence-corrected chi connectivity index (χ2v) is 5.61. The van der Waals surface area contributed by atoms with Gasteiger partial charge in [-0.15, -0.1) is 0 Å². The van der Waals surface area contributed by atoms with Crippen LogP contribution in [0.1, 0.15) is 25.1 Å². The maximum absolute atomic E-state index is 6.14. The Morgan fingerprint density at radius 3 is 2.60 bits per heavy atom. The van der Waals surface area contributed by atoms with Crippen LogP contribution in [0.2, 0.25) is 10.0 Å². The molecule has 0 spiro atoms. The van der Waals surface area contributed by atoms with Crippen molar-refractivity contribution in [1.29, 1.82) is 0 Å². The zero-order valence-corrected chi connectivity index (χ0v) is 12.3. The van der Waals surface area contributed by atoms with Gasteiger partial charge in [0.05, 0.1) is 21.3 Å². The minimum Gasteiger partial charge on any atom is -0.397 e. The summed E-state index contributed by atoms with van der Waals surface area (Å²) in [5.74, 6) is 0.782. The summed E-state index contributed by atoms with van der Waals surface area (Å²) < 4.78 is 10.8. The Kier molecular flexibility index (Phi) is 3.36. The first kappa shape index (κ1) is 13.7. The second-order valence-electron chi connectivity index (χ2n) is 4.79. The van der Waals surface area contributed by atoms with Gasteiger partial charge in [0.1, 0.15) is 5.60 Å². The van der Waals surface area contributed by atoms with Crippen molar-refractivity contribution in [2.45, 2.75) is 24.9 Å². The molecule has 1 fully saturated rings. The number of benzene rings is 1. The smallest absolute Gasteiger partial charge is 0.261 e. The molecule has 3 rings (SSSR count). The molecule has 5 nitrogen and oxygen atoms in total. The van der Waals surface area contributed by atoms with Crippen LogP contribution in [0.5, 0.6) is 0 Å². The number of hydrogen-bond donors (Lipinski definition) is 1. The van der Waals surface area contributed by atoms with Crippen LogP contribution in [0.4, 0.5) is 5.69 Å². The molecule has 1 aliphatic carbocycles. The number of rotatable bonds is 3. The van der Waals surface area contributed by atoms with Crippen molar-refractivity contribution in [3.05, 3.63) is 28.0 Å². The fourth-order valence-electron chi connectivity index (χ4n) is 2.31. The van der Waals surface area contributed by atoms with Crippen molar-refractivity contribution < 1.29 is 9.26 Å². The molecular weight excluding hydrogens is 301 g/mol. The van der Waals surface area contributed by atoms with E-state index in [0.717, 1.165) is 19.3 Å². The summed E-state index contributed by atoms with van der Waals surface area (Å²) in [4.78, 5) is 4.38. The number of nitrogen functional groups attached to an aromatic ring is 1. The average Bonchev–Trinajstić information content (AvgIpc) is 2.84. The summed E-state index contributed by atoms with van der Waals surface area (Å²) >= 11 is 12.1. The van der Waals surface area contributed by atoms with Gasteiger partial charge in [-0.25, -0.2) is 0 Å². The number of aromatic nitrogens is 2. The lowest BCUT2D eigenvalue weighted by Gasteiger charge is -2.37. The maximum Gasteiger partial charge on any atom is 0.261 e. The van der Waals surface area contributed by atoms with Gasteiger partial charge in [0.15, 0.2) is 0 Å². The van der Waals surface area contributed by atoms with Crippen molar-refractivity contribution in [2.75, 3.05) is 12.8 Å². The van der Waals surface area contributed by atoms with E-state index in [1.54, 1.807) is 19.2 Å². The van der Waals surface area contributed by atoms with E-state index in [9.17, 15) is 0 Å². The minimum absolute atomic E-state index is 0.258. The highest BCUT2D eigenvalue weighted by molar-refractivity contribution is 6.37. The molecule has 0 bridgehead atoms. The van der Waals surface area contributed by atoms with E-state index < -0.39 is 5.60 Å². The van der Waals surface area contributed by atoms with Crippen LogP contribution in [0, 0.1) is 0 Å². The topological polar surface area (TPSA) is 74.2 Å². The summed E-state index contributed by atoms with van der Waals surface area (Å²) in [5.41, 5.74) is 6.28. The van der Waals surface area contributed by atoms with E-state index in [2.05, 4.69) is 10.1 Å². The van der Waals surface area contributed by atoms with E-state index in [1.807, 2.05) is 0 Å². The van der Waals surface area contributed by atoms with E-state index in [0.29, 0.717) is 27.1 Å². The van der Waals surface area contributed by atoms with Crippen molar-refractivity contribution in [2.24, 2.45) is 0 Å². The maximum atomic E-state index is 6.14. The third kappa shape index (κ3) is 1.97. The predicted octanol–water partition coefficient (Wildman–Crippen LogP) is 3.65. The summed E-state index contributed by atoms with van der Waals surface area (Å²) in [6, 6.07) is 3.28. The van der Waals surface area contributed by atoms with Crippen LogP contribution < -0.4 is 5.73 Å². The van der Waals surface area contributed by atoms with Gasteiger partial charge in [-0.3, -0.25) is 0 Å². The molecule has 1 aromatic heterocycles. The van der Waals surface area contributed by atoms with Gasteiger partial charge < -0.3 is 15.0 Å². The lowest BCUT2D eigenvalue weighted by Crippen LogP contribution is -2.37. The Balaban J connectivity index is 2.05. The van der Waals surface area contributed by atoms with E-state index >= 15 is 0 Å². The molecule has 0 atom stereocenters. The van der Waals surface area contributed by atoms with Crippen LogP contribution in [0.3, 0.4) is 0 Å². The molecule has 20 heavy (non-hydrogen) atoms. The number of anilines is 1. The second kappa shape index (κ2) is 4.91. The van der Waals surface area contributed by atoms with Crippen molar-refractivity contribution >= 4 is 28.9 Å². The quantitative estimate of drug-likeness (QED) is 0.875. The highest BCUT2D eigenvalue weighted by Gasteiger charge is 2.43. The first-order chi connectivity index (χ1) is 9.57. The molecule has 2 aromatic rings. The molecule has 1 aromatic carbocycles. The van der Waals surface area contributed by atoms with E-state index in [4.69, 9.17) is 38.2 Å². The number of halogens is 2. The lowest BCUT2D eigenvalue weighted by molar-refractivity contribution is -0.0858. The largest absolute Gasteiger partial charge is 0.397 e. The molecular formula is C13H13Cl2N3O2. The highest BCUT2D eigenvalue weighted by Crippen LogP contribution is 2.44. The molecule has 7 heteroatoms. The molecule has 2 N–H and O–H groups in total. The molecule has 1 aliphatic rings. The Morgan fingerprint density at radius 1 is 1.30 bits per heavy atom. The SMILES string of the molecule is COC1(c2noc(-c3c(Cl)ccc(Cl)c3N)n2)CCC1. The minimum atomic E-state index is -0.443. The number of nitrogens with two attached hydrogens (primary N) is 1. The van der Waals surface area contributed by atoms with E-state index in [1.165, 1.54) is 0 Å². The first-order valence-corrected chi connectivity index (χ1v) is 6.96. The van der Waals surface area contributed by atoms with Gasteiger partial charge in [-0.1, -0.05) is 28.4 Å². The molecule has 0 saturated heterocycles. The van der Waals surface area contributed by atoms with Crippen LogP contribution in [-0.2, 0) is 10.3 Å². The zero-order chi connectivity index (χ0) is 14.3. The Hall–Kier alpha value is -1.30. The summed E-state index contributed by atoms with van der Waals surface area (Å²) in [7, 11) is 1.65. The van der Waals surface area contributed by atoms with Crippen molar-refractivity contribution in [3.8, 4) is 11.5 Å². The van der Waals surface area contributed by atoms with Crippen molar-refractivity contribution in [1.82, 2.24) is 10.1 Å². The number of ether oxygens (including phenoxy) is 1. The molecule has 106 valence electrons. The van der Waals surface area contributed by atoms with Gasteiger partial charge in [0, 0.05) is 7.11 Å². The van der Waals surface area contributed by atoms with E-state index in [-0.39, 0.29) is 5.89 Å². The Morgan fingerprint density at radius 2 is 2.00 bits per heavy atom. The monoisotopic (exact) mass is 313 g/mol. The normalized spacial score (nSPS) is 16.9. The summed E-state index contributed by atoms with van der Waals surface area (Å²) in [5, 5.41) is 4.82. The lowest BCUT2D eigenvalue weighted by atomic mass is 9.79. The standard InChI is InChI=1S/C13H13Cl2N3O2/c1-19-13(5-2-6-13)12-17-11(20-18-12)9-7(14)3-4-8(15)10(9)16/h3-4H,2,5-6,16H2,1H3. The molecule has 1 saturated carbocycles. The Labute approximate surface area is 126 Å². The fourth-order valence-corrected chi connectivity index (χ4v) is 2.71. The zero-order valence-electron chi connectivity index (χ0n) is 10.8. The van der Waals surface area contributed by atoms with Gasteiger partial charge in [-0.05, 0) is 31.4 Å². The number of methoxy groups -OCH3 is 1. The summed E-state index contributed by atoms with van der Waals surface area (Å²) in [6.45, 7) is 0. The molecule has 0 amide bonds. The third-order valence-corrected chi connectivity index (χ3v) is 4.39. The highest BCUT2D eigenvalue weighted by atomic mass is 35.5. The van der Waals surface area contributed by atoms with Gasteiger partial charge in [0.25, 0.3) is 5.89 Å². The van der Waals surface area contributed by atoms with Gasteiger partial charge >= 0.3 is 0 Å². The van der Waals surface area contributed by atoms with Crippen molar-refractivity contribution in [3.63, 3.8) is 0 Å².